The predicted molar refractivity (Wildman–Crippen MR) is 59.4 cm³/mol. The van der Waals surface area contributed by atoms with Crippen LogP contribution < -0.4 is 14.8 Å². The van der Waals surface area contributed by atoms with Crippen LogP contribution >= 0.6 is 0 Å². The third-order valence-corrected chi connectivity index (χ3v) is 1.84. The topological polar surface area (TPSA) is 43.4 Å². The van der Waals surface area contributed by atoms with Gasteiger partial charge in [0.1, 0.15) is 6.10 Å². The van der Waals surface area contributed by atoms with E-state index in [2.05, 4.69) is 10.3 Å². The lowest BCUT2D eigenvalue weighted by Crippen LogP contribution is -2.26. The van der Waals surface area contributed by atoms with Crippen molar-refractivity contribution in [1.29, 1.82) is 0 Å². The van der Waals surface area contributed by atoms with Crippen molar-refractivity contribution < 1.29 is 9.47 Å². The summed E-state index contributed by atoms with van der Waals surface area (Å²) in [5.74, 6) is 1.25. The van der Waals surface area contributed by atoms with Crippen molar-refractivity contribution in [1.82, 2.24) is 10.3 Å². The van der Waals surface area contributed by atoms with Crippen molar-refractivity contribution in [3.63, 3.8) is 0 Å². The second kappa shape index (κ2) is 6.24. The van der Waals surface area contributed by atoms with Crippen LogP contribution in [0.4, 0.5) is 0 Å². The molecule has 15 heavy (non-hydrogen) atoms. The molecule has 0 aromatic carbocycles. The lowest BCUT2D eigenvalue weighted by atomic mass is 10.4. The smallest absolute Gasteiger partial charge is 0.257 e. The van der Waals surface area contributed by atoms with E-state index in [0.29, 0.717) is 18.2 Å². The molecular weight excluding hydrogens is 192 g/mol. The Labute approximate surface area is 90.6 Å². The van der Waals surface area contributed by atoms with Crippen LogP contribution in [0.15, 0.2) is 18.3 Å². The lowest BCUT2D eigenvalue weighted by molar-refractivity contribution is 0.197. The van der Waals surface area contributed by atoms with E-state index in [1.54, 1.807) is 6.20 Å². The highest BCUT2D eigenvalue weighted by Crippen LogP contribution is 2.24. The minimum absolute atomic E-state index is 0.0732. The maximum atomic E-state index is 5.64. The van der Waals surface area contributed by atoms with Gasteiger partial charge in [-0.3, -0.25) is 0 Å². The Morgan fingerprint density at radius 2 is 2.33 bits per heavy atom. The van der Waals surface area contributed by atoms with Gasteiger partial charge in [-0.25, -0.2) is 4.98 Å². The van der Waals surface area contributed by atoms with Crippen LogP contribution in [0.5, 0.6) is 11.6 Å². The number of likely N-dealkylation sites (N-methyl/N-ethyl adjacent to an activating group) is 1. The van der Waals surface area contributed by atoms with Crippen LogP contribution in [-0.4, -0.2) is 31.3 Å². The van der Waals surface area contributed by atoms with Crippen LogP contribution in [0.25, 0.3) is 0 Å². The number of rotatable bonds is 6. The maximum absolute atomic E-state index is 5.64. The van der Waals surface area contributed by atoms with Crippen molar-refractivity contribution in [2.45, 2.75) is 20.0 Å². The van der Waals surface area contributed by atoms with E-state index in [-0.39, 0.29) is 6.10 Å². The fourth-order valence-electron chi connectivity index (χ4n) is 1.25. The molecular formula is C11H18N2O2. The molecule has 1 heterocycles. The highest BCUT2D eigenvalue weighted by Gasteiger charge is 2.09. The summed E-state index contributed by atoms with van der Waals surface area (Å²) in [6.07, 6.45) is 1.77. The number of nitrogens with zero attached hydrogens (tertiary/aromatic N) is 1. The Morgan fingerprint density at radius 3 is 3.00 bits per heavy atom. The third-order valence-electron chi connectivity index (χ3n) is 1.84. The van der Waals surface area contributed by atoms with Crippen LogP contribution in [0.3, 0.4) is 0 Å². The molecule has 0 fully saturated rings. The summed E-state index contributed by atoms with van der Waals surface area (Å²) in [7, 11) is 1.89. The van der Waals surface area contributed by atoms with Crippen LogP contribution in [0.1, 0.15) is 13.8 Å². The SMILES string of the molecule is CCOc1cccnc1OC(C)CNC. The van der Waals surface area contributed by atoms with Crippen molar-refractivity contribution in [3.8, 4) is 11.6 Å². The summed E-state index contributed by atoms with van der Waals surface area (Å²) in [5, 5.41) is 3.05. The van der Waals surface area contributed by atoms with Gasteiger partial charge in [-0.05, 0) is 33.0 Å². The van der Waals surface area contributed by atoms with E-state index >= 15 is 0 Å². The second-order valence-electron chi connectivity index (χ2n) is 3.23. The summed E-state index contributed by atoms with van der Waals surface area (Å²) < 4.78 is 11.0. The normalized spacial score (nSPS) is 12.2. The van der Waals surface area contributed by atoms with E-state index in [9.17, 15) is 0 Å². The van der Waals surface area contributed by atoms with E-state index in [4.69, 9.17) is 9.47 Å². The number of hydrogen-bond acceptors (Lipinski definition) is 4. The number of pyridine rings is 1. The first-order valence-electron chi connectivity index (χ1n) is 5.17. The summed E-state index contributed by atoms with van der Waals surface area (Å²) >= 11 is 0. The predicted octanol–water partition coefficient (Wildman–Crippen LogP) is 1.47. The molecule has 0 aliphatic carbocycles. The van der Waals surface area contributed by atoms with Crippen molar-refractivity contribution in [2.75, 3.05) is 20.2 Å². The zero-order chi connectivity index (χ0) is 11.1. The quantitative estimate of drug-likeness (QED) is 0.772. The summed E-state index contributed by atoms with van der Waals surface area (Å²) in [5.41, 5.74) is 0. The molecule has 0 amide bonds. The molecule has 1 N–H and O–H groups in total. The van der Waals surface area contributed by atoms with Gasteiger partial charge in [0.05, 0.1) is 6.61 Å². The largest absolute Gasteiger partial charge is 0.488 e. The zero-order valence-electron chi connectivity index (χ0n) is 9.49. The Kier molecular flexibility index (Phi) is 4.90. The Morgan fingerprint density at radius 1 is 1.53 bits per heavy atom. The number of hydrogen-bond donors (Lipinski definition) is 1. The van der Waals surface area contributed by atoms with Gasteiger partial charge in [-0.1, -0.05) is 0 Å². The Bertz CT molecular complexity index is 292. The summed E-state index contributed by atoms with van der Waals surface area (Å²) in [6.45, 7) is 5.32. The number of ether oxygens (including phenoxy) is 2. The molecule has 0 spiro atoms. The molecule has 1 aromatic heterocycles. The van der Waals surface area contributed by atoms with Gasteiger partial charge in [-0.15, -0.1) is 0 Å². The van der Waals surface area contributed by atoms with Gasteiger partial charge >= 0.3 is 0 Å². The first-order valence-corrected chi connectivity index (χ1v) is 5.17. The highest BCUT2D eigenvalue weighted by atomic mass is 16.5. The Hall–Kier alpha value is -1.29. The van der Waals surface area contributed by atoms with Gasteiger partial charge in [0.25, 0.3) is 5.88 Å². The number of nitrogens with one attached hydrogen (secondary N) is 1. The molecule has 0 aliphatic heterocycles. The summed E-state index contributed by atoms with van der Waals surface area (Å²) in [6, 6.07) is 3.69. The highest BCUT2D eigenvalue weighted by molar-refractivity contribution is 5.32. The second-order valence-corrected chi connectivity index (χ2v) is 3.23. The molecule has 0 radical (unpaired) electrons. The molecule has 4 heteroatoms. The molecule has 0 saturated carbocycles. The number of aromatic nitrogens is 1. The fourth-order valence-corrected chi connectivity index (χ4v) is 1.25. The molecule has 1 unspecified atom stereocenters. The van der Waals surface area contributed by atoms with E-state index in [1.807, 2.05) is 33.0 Å². The molecule has 0 bridgehead atoms. The zero-order valence-corrected chi connectivity index (χ0v) is 9.49. The minimum Gasteiger partial charge on any atom is -0.488 e. The van der Waals surface area contributed by atoms with Crippen LogP contribution in [0, 0.1) is 0 Å². The van der Waals surface area contributed by atoms with E-state index in [1.165, 1.54) is 0 Å². The van der Waals surface area contributed by atoms with Gasteiger partial charge in [-0.2, -0.15) is 0 Å². The standard InChI is InChI=1S/C11H18N2O2/c1-4-14-10-6-5-7-13-11(10)15-9(2)8-12-3/h5-7,9,12H,4,8H2,1-3H3. The van der Waals surface area contributed by atoms with Crippen LogP contribution in [-0.2, 0) is 0 Å². The first kappa shape index (κ1) is 11.8. The van der Waals surface area contributed by atoms with Gasteiger partial charge in [0, 0.05) is 12.7 Å². The van der Waals surface area contributed by atoms with Gasteiger partial charge in [0.2, 0.25) is 0 Å². The van der Waals surface area contributed by atoms with Gasteiger partial charge in [0.15, 0.2) is 5.75 Å². The lowest BCUT2D eigenvalue weighted by Gasteiger charge is -2.15. The molecule has 0 aliphatic rings. The van der Waals surface area contributed by atoms with Crippen LogP contribution in [0.2, 0.25) is 0 Å². The van der Waals surface area contributed by atoms with Crippen molar-refractivity contribution in [3.05, 3.63) is 18.3 Å². The molecule has 84 valence electrons. The maximum Gasteiger partial charge on any atom is 0.257 e. The summed E-state index contributed by atoms with van der Waals surface area (Å²) in [4.78, 5) is 4.14. The Balaban J connectivity index is 2.66. The molecule has 4 nitrogen and oxygen atoms in total. The average Bonchev–Trinajstić information content (AvgIpc) is 2.21. The molecule has 0 saturated heterocycles. The van der Waals surface area contributed by atoms with Gasteiger partial charge < -0.3 is 14.8 Å². The minimum atomic E-state index is 0.0732. The fraction of sp³-hybridized carbons (Fsp3) is 0.545. The first-order chi connectivity index (χ1) is 7.27. The van der Waals surface area contributed by atoms with E-state index < -0.39 is 0 Å². The molecule has 1 atom stereocenters. The van der Waals surface area contributed by atoms with Crippen molar-refractivity contribution in [2.24, 2.45) is 0 Å². The monoisotopic (exact) mass is 210 g/mol. The molecule has 1 aromatic rings. The van der Waals surface area contributed by atoms with E-state index in [0.717, 1.165) is 6.54 Å². The average molecular weight is 210 g/mol. The van der Waals surface area contributed by atoms with Crippen molar-refractivity contribution >= 4 is 0 Å². The molecule has 1 rings (SSSR count). The third kappa shape index (κ3) is 3.75.